The summed E-state index contributed by atoms with van der Waals surface area (Å²) in [5, 5.41) is 6.60. The number of rotatable bonds is 4. The number of nitrogens with one attached hydrogen (secondary N) is 1. The van der Waals surface area contributed by atoms with E-state index in [0.29, 0.717) is 10.7 Å². The van der Waals surface area contributed by atoms with Crippen LogP contribution in [0.2, 0.25) is 0 Å². The lowest BCUT2D eigenvalue weighted by atomic mass is 10.1. The molecule has 1 aromatic heterocycles. The van der Waals surface area contributed by atoms with Crippen molar-refractivity contribution in [3.8, 4) is 16.3 Å². The Morgan fingerprint density at radius 1 is 1.03 bits per heavy atom. The van der Waals surface area contributed by atoms with E-state index in [0.717, 1.165) is 28.2 Å². The van der Waals surface area contributed by atoms with Gasteiger partial charge in [0, 0.05) is 28.2 Å². The first kappa shape index (κ1) is 18.9. The van der Waals surface area contributed by atoms with Crippen LogP contribution in [-0.4, -0.2) is 17.3 Å². The number of benzene rings is 3. The van der Waals surface area contributed by atoms with Crippen LogP contribution in [0.3, 0.4) is 0 Å². The summed E-state index contributed by atoms with van der Waals surface area (Å²) in [6.07, 6.45) is -3.38. The highest BCUT2D eigenvalue weighted by Gasteiger charge is 2.32. The molecule has 0 saturated carbocycles. The summed E-state index contributed by atoms with van der Waals surface area (Å²) in [5.41, 5.74) is 0.903. The van der Waals surface area contributed by atoms with Gasteiger partial charge in [0.15, 0.2) is 0 Å². The molecular weight excluding hydrogens is 401 g/mol. The van der Waals surface area contributed by atoms with Crippen LogP contribution in [0.15, 0.2) is 72.2 Å². The van der Waals surface area contributed by atoms with Crippen molar-refractivity contribution in [3.05, 3.63) is 77.8 Å². The molecule has 3 aromatic carbocycles. The molecule has 0 spiro atoms. The van der Waals surface area contributed by atoms with Gasteiger partial charge in [-0.05, 0) is 29.7 Å². The van der Waals surface area contributed by atoms with Crippen LogP contribution in [0, 0.1) is 0 Å². The van der Waals surface area contributed by atoms with E-state index in [9.17, 15) is 18.0 Å². The molecule has 0 aliphatic carbocycles. The SMILES string of the molecule is O=C(Nc1cccc2ccccc12)c1ccc(OC(F)(F)F)c(-c2nccs2)c1. The molecule has 1 amide bonds. The maximum atomic E-state index is 12.8. The zero-order valence-electron chi connectivity index (χ0n) is 14.7. The van der Waals surface area contributed by atoms with E-state index in [1.165, 1.54) is 18.3 Å². The van der Waals surface area contributed by atoms with E-state index < -0.39 is 18.0 Å². The highest BCUT2D eigenvalue weighted by molar-refractivity contribution is 7.13. The van der Waals surface area contributed by atoms with Gasteiger partial charge in [-0.25, -0.2) is 4.98 Å². The second-order valence-electron chi connectivity index (χ2n) is 6.08. The molecule has 146 valence electrons. The lowest BCUT2D eigenvalue weighted by molar-refractivity contribution is -0.274. The maximum absolute atomic E-state index is 12.8. The van der Waals surface area contributed by atoms with Gasteiger partial charge >= 0.3 is 6.36 Å². The van der Waals surface area contributed by atoms with Crippen LogP contribution in [0.4, 0.5) is 18.9 Å². The summed E-state index contributed by atoms with van der Waals surface area (Å²) in [5.74, 6) is -0.855. The van der Waals surface area contributed by atoms with Crippen molar-refractivity contribution >= 4 is 33.7 Å². The van der Waals surface area contributed by atoms with E-state index in [4.69, 9.17) is 0 Å². The first-order chi connectivity index (χ1) is 13.9. The fourth-order valence-corrected chi connectivity index (χ4v) is 3.60. The van der Waals surface area contributed by atoms with Gasteiger partial charge in [-0.15, -0.1) is 24.5 Å². The molecule has 0 unspecified atom stereocenters. The number of halogens is 3. The van der Waals surface area contributed by atoms with Gasteiger partial charge in [0.25, 0.3) is 5.91 Å². The Balaban J connectivity index is 1.69. The largest absolute Gasteiger partial charge is 0.573 e. The Kier molecular flexibility index (Phi) is 4.94. The van der Waals surface area contributed by atoms with E-state index in [2.05, 4.69) is 15.0 Å². The number of anilines is 1. The molecule has 8 heteroatoms. The van der Waals surface area contributed by atoms with Crippen molar-refractivity contribution in [1.82, 2.24) is 4.98 Å². The quantitative estimate of drug-likeness (QED) is 0.438. The number of thiazole rings is 1. The van der Waals surface area contributed by atoms with Gasteiger partial charge in [0.05, 0.1) is 5.56 Å². The smallest absolute Gasteiger partial charge is 0.405 e. The van der Waals surface area contributed by atoms with Gasteiger partial charge in [0.2, 0.25) is 0 Å². The highest BCUT2D eigenvalue weighted by atomic mass is 32.1. The molecule has 1 N–H and O–H groups in total. The van der Waals surface area contributed by atoms with E-state index in [1.807, 2.05) is 36.4 Å². The van der Waals surface area contributed by atoms with Crippen LogP contribution >= 0.6 is 11.3 Å². The number of amides is 1. The number of hydrogen-bond donors (Lipinski definition) is 1. The second-order valence-corrected chi connectivity index (χ2v) is 6.97. The lowest BCUT2D eigenvalue weighted by Crippen LogP contribution is -2.18. The second kappa shape index (κ2) is 7.56. The summed E-state index contributed by atoms with van der Waals surface area (Å²) in [4.78, 5) is 16.8. The molecule has 4 aromatic rings. The monoisotopic (exact) mass is 414 g/mol. The number of hydrogen-bond acceptors (Lipinski definition) is 4. The standard InChI is InChI=1S/C21H13F3N2O2S/c22-21(23,24)28-18-9-8-14(12-16(18)20-25-10-11-29-20)19(27)26-17-7-3-5-13-4-1-2-6-15(13)17/h1-12H,(H,26,27). The van der Waals surface area contributed by atoms with E-state index in [1.54, 1.807) is 11.4 Å². The Hall–Kier alpha value is -3.39. The average Bonchev–Trinajstić information content (AvgIpc) is 3.22. The molecule has 29 heavy (non-hydrogen) atoms. The minimum atomic E-state index is -4.85. The number of fused-ring (bicyclic) bond motifs is 1. The molecular formula is C21H13F3N2O2S. The lowest BCUT2D eigenvalue weighted by Gasteiger charge is -2.14. The predicted octanol–water partition coefficient (Wildman–Crippen LogP) is 6.11. The van der Waals surface area contributed by atoms with Crippen molar-refractivity contribution in [2.24, 2.45) is 0 Å². The number of carbonyl (C=O) groups is 1. The highest BCUT2D eigenvalue weighted by Crippen LogP contribution is 2.36. The fourth-order valence-electron chi connectivity index (χ4n) is 2.94. The molecule has 0 radical (unpaired) electrons. The first-order valence-electron chi connectivity index (χ1n) is 8.49. The molecule has 0 aliphatic rings. The fraction of sp³-hybridized carbons (Fsp3) is 0.0476. The Morgan fingerprint density at radius 3 is 2.59 bits per heavy atom. The van der Waals surface area contributed by atoms with Crippen LogP contribution in [-0.2, 0) is 0 Å². The minimum absolute atomic E-state index is 0.0999. The third kappa shape index (κ3) is 4.22. The summed E-state index contributed by atoms with van der Waals surface area (Å²) in [6, 6.07) is 16.8. The normalized spacial score (nSPS) is 11.4. The third-order valence-electron chi connectivity index (χ3n) is 4.17. The number of carbonyl (C=O) groups excluding carboxylic acids is 1. The summed E-state index contributed by atoms with van der Waals surface area (Å²) < 4.78 is 42.3. The van der Waals surface area contributed by atoms with Gasteiger partial charge in [0.1, 0.15) is 10.8 Å². The van der Waals surface area contributed by atoms with Crippen molar-refractivity contribution in [2.75, 3.05) is 5.32 Å². The van der Waals surface area contributed by atoms with Gasteiger partial charge in [-0.2, -0.15) is 0 Å². The molecule has 0 aliphatic heterocycles. The summed E-state index contributed by atoms with van der Waals surface area (Å²) in [6.45, 7) is 0. The van der Waals surface area contributed by atoms with Gasteiger partial charge in [-0.1, -0.05) is 36.4 Å². The van der Waals surface area contributed by atoms with Gasteiger partial charge < -0.3 is 10.1 Å². The molecule has 4 nitrogen and oxygen atoms in total. The van der Waals surface area contributed by atoms with Crippen molar-refractivity contribution in [2.45, 2.75) is 6.36 Å². The molecule has 1 heterocycles. The number of alkyl halides is 3. The predicted molar refractivity (Wildman–Crippen MR) is 106 cm³/mol. The zero-order chi connectivity index (χ0) is 20.4. The minimum Gasteiger partial charge on any atom is -0.405 e. The van der Waals surface area contributed by atoms with E-state index in [-0.39, 0.29) is 11.1 Å². The van der Waals surface area contributed by atoms with Crippen LogP contribution < -0.4 is 10.1 Å². The Labute approximate surface area is 167 Å². The molecule has 0 atom stereocenters. The van der Waals surface area contributed by atoms with E-state index >= 15 is 0 Å². The average molecular weight is 414 g/mol. The number of ether oxygens (including phenoxy) is 1. The molecule has 4 rings (SSSR count). The topological polar surface area (TPSA) is 51.2 Å². The zero-order valence-corrected chi connectivity index (χ0v) is 15.6. The number of aromatic nitrogens is 1. The first-order valence-corrected chi connectivity index (χ1v) is 9.37. The number of nitrogens with zero attached hydrogens (tertiary/aromatic N) is 1. The van der Waals surface area contributed by atoms with Crippen LogP contribution in [0.1, 0.15) is 10.4 Å². The van der Waals surface area contributed by atoms with Crippen LogP contribution in [0.25, 0.3) is 21.3 Å². The van der Waals surface area contributed by atoms with Gasteiger partial charge in [-0.3, -0.25) is 4.79 Å². The Bertz CT molecular complexity index is 1170. The molecule has 0 saturated heterocycles. The third-order valence-corrected chi connectivity index (χ3v) is 4.97. The van der Waals surface area contributed by atoms with Crippen molar-refractivity contribution < 1.29 is 22.7 Å². The maximum Gasteiger partial charge on any atom is 0.573 e. The molecule has 0 fully saturated rings. The van der Waals surface area contributed by atoms with Crippen molar-refractivity contribution in [3.63, 3.8) is 0 Å². The van der Waals surface area contributed by atoms with Crippen LogP contribution in [0.5, 0.6) is 5.75 Å². The summed E-state index contributed by atoms with van der Waals surface area (Å²) in [7, 11) is 0. The Morgan fingerprint density at radius 2 is 1.83 bits per heavy atom. The molecule has 0 bridgehead atoms. The van der Waals surface area contributed by atoms with Crippen molar-refractivity contribution in [1.29, 1.82) is 0 Å². The summed E-state index contributed by atoms with van der Waals surface area (Å²) >= 11 is 1.15.